The molecule has 1 saturated heterocycles. The van der Waals surface area contributed by atoms with Crippen LogP contribution in [0.4, 0.5) is 0 Å². The van der Waals surface area contributed by atoms with Crippen molar-refractivity contribution in [2.24, 2.45) is 0 Å². The highest BCUT2D eigenvalue weighted by Gasteiger charge is 2.17. The Morgan fingerprint density at radius 1 is 1.08 bits per heavy atom. The van der Waals surface area contributed by atoms with Gasteiger partial charge in [0, 0.05) is 12.2 Å². The average Bonchev–Trinajstić information content (AvgIpc) is 2.65. The second kappa shape index (κ2) is 9.66. The molecule has 1 aromatic rings. The maximum absolute atomic E-state index is 5.73. The first-order valence-corrected chi connectivity index (χ1v) is 9.13. The van der Waals surface area contributed by atoms with Crippen molar-refractivity contribution >= 4 is 0 Å². The molecule has 1 heterocycles. The Labute approximate surface area is 157 Å². The summed E-state index contributed by atoms with van der Waals surface area (Å²) in [6, 6.07) is 0. The smallest absolute Gasteiger partial charge is 0.157 e. The topological polar surface area (TPSA) is 36.9 Å². The average molecular weight is 358 g/mol. The molecule has 1 aliphatic heterocycles. The molecule has 1 fully saturated rings. The number of hydrogen-bond acceptors (Lipinski definition) is 4. The molecule has 0 saturated carbocycles. The van der Waals surface area contributed by atoms with Gasteiger partial charge in [-0.15, -0.1) is 0 Å². The first-order chi connectivity index (χ1) is 12.5. The highest BCUT2D eigenvalue weighted by Crippen LogP contribution is 2.37. The van der Waals surface area contributed by atoms with Gasteiger partial charge in [-0.1, -0.05) is 11.8 Å². The molecule has 1 aromatic carbocycles. The van der Waals surface area contributed by atoms with Gasteiger partial charge in [-0.05, 0) is 69.7 Å². The van der Waals surface area contributed by atoms with Crippen LogP contribution < -0.4 is 9.47 Å². The molecule has 26 heavy (non-hydrogen) atoms. The standard InChI is InChI=1S/C22H30O4/c1-15(12-14-26-20-9-7-8-13-25-20)10-11-19-18(4)21(23-5)16(2)17(3)22(19)24-6/h12,20H,7-9,13-14H2,1-6H3/b15-12+. The molecule has 142 valence electrons. The molecule has 1 aliphatic rings. The number of hydrogen-bond donors (Lipinski definition) is 0. The van der Waals surface area contributed by atoms with Crippen LogP contribution in [0.25, 0.3) is 0 Å². The molecule has 4 nitrogen and oxygen atoms in total. The largest absolute Gasteiger partial charge is 0.496 e. The third-order valence-corrected chi connectivity index (χ3v) is 4.79. The zero-order chi connectivity index (χ0) is 19.1. The highest BCUT2D eigenvalue weighted by molar-refractivity contribution is 5.64. The van der Waals surface area contributed by atoms with Crippen LogP contribution in [0.3, 0.4) is 0 Å². The molecular weight excluding hydrogens is 328 g/mol. The number of allylic oxidation sites excluding steroid dienone is 1. The summed E-state index contributed by atoms with van der Waals surface area (Å²) in [5.74, 6) is 8.14. The molecule has 0 spiro atoms. The Morgan fingerprint density at radius 3 is 2.38 bits per heavy atom. The zero-order valence-corrected chi connectivity index (χ0v) is 16.8. The molecule has 0 bridgehead atoms. The normalized spacial score (nSPS) is 17.5. The van der Waals surface area contributed by atoms with E-state index in [1.807, 2.05) is 33.8 Å². The van der Waals surface area contributed by atoms with E-state index in [0.29, 0.717) is 6.61 Å². The van der Waals surface area contributed by atoms with Crippen molar-refractivity contribution < 1.29 is 18.9 Å². The van der Waals surface area contributed by atoms with Gasteiger partial charge >= 0.3 is 0 Å². The Hall–Kier alpha value is -1.96. The van der Waals surface area contributed by atoms with E-state index in [9.17, 15) is 0 Å². The summed E-state index contributed by atoms with van der Waals surface area (Å²) in [7, 11) is 3.37. The Morgan fingerprint density at radius 2 is 1.77 bits per heavy atom. The van der Waals surface area contributed by atoms with E-state index in [1.165, 1.54) is 6.42 Å². The summed E-state index contributed by atoms with van der Waals surface area (Å²) in [5.41, 5.74) is 4.97. The van der Waals surface area contributed by atoms with E-state index in [2.05, 4.69) is 11.8 Å². The monoisotopic (exact) mass is 358 g/mol. The summed E-state index contributed by atoms with van der Waals surface area (Å²) in [5, 5.41) is 0. The molecule has 0 amide bonds. The second-order valence-electron chi connectivity index (χ2n) is 6.58. The van der Waals surface area contributed by atoms with Gasteiger partial charge in [0.1, 0.15) is 11.5 Å². The van der Waals surface area contributed by atoms with E-state index in [-0.39, 0.29) is 6.29 Å². The minimum absolute atomic E-state index is 0.0768. The summed E-state index contributed by atoms with van der Waals surface area (Å²) >= 11 is 0. The Kier molecular flexibility index (Phi) is 7.56. The molecule has 1 atom stereocenters. The lowest BCUT2D eigenvalue weighted by molar-refractivity contribution is -0.155. The van der Waals surface area contributed by atoms with Crippen molar-refractivity contribution in [1.29, 1.82) is 0 Å². The van der Waals surface area contributed by atoms with Crippen molar-refractivity contribution in [3.8, 4) is 23.3 Å². The predicted molar refractivity (Wildman–Crippen MR) is 104 cm³/mol. The fourth-order valence-corrected chi connectivity index (χ4v) is 3.14. The molecule has 0 N–H and O–H groups in total. The fraction of sp³-hybridized carbons (Fsp3) is 0.545. The van der Waals surface area contributed by atoms with Crippen molar-refractivity contribution in [2.75, 3.05) is 27.4 Å². The zero-order valence-electron chi connectivity index (χ0n) is 16.8. The summed E-state index contributed by atoms with van der Waals surface area (Å²) in [6.45, 7) is 9.37. The number of methoxy groups -OCH3 is 2. The van der Waals surface area contributed by atoms with Crippen molar-refractivity contribution in [3.63, 3.8) is 0 Å². The van der Waals surface area contributed by atoms with Crippen molar-refractivity contribution in [2.45, 2.75) is 53.2 Å². The molecular formula is C22H30O4. The summed E-state index contributed by atoms with van der Waals surface area (Å²) in [6.07, 6.45) is 5.18. The van der Waals surface area contributed by atoms with Gasteiger partial charge in [0.05, 0.1) is 26.4 Å². The molecule has 1 unspecified atom stereocenters. The van der Waals surface area contributed by atoms with E-state index in [0.717, 1.165) is 58.8 Å². The van der Waals surface area contributed by atoms with E-state index in [1.54, 1.807) is 14.2 Å². The Bertz CT molecular complexity index is 716. The van der Waals surface area contributed by atoms with Gasteiger partial charge in [0.15, 0.2) is 6.29 Å². The lowest BCUT2D eigenvalue weighted by atomic mass is 9.97. The lowest BCUT2D eigenvalue weighted by Gasteiger charge is -2.21. The highest BCUT2D eigenvalue weighted by atomic mass is 16.7. The summed E-state index contributed by atoms with van der Waals surface area (Å²) in [4.78, 5) is 0. The molecule has 0 aliphatic carbocycles. The van der Waals surface area contributed by atoms with Crippen LogP contribution >= 0.6 is 0 Å². The van der Waals surface area contributed by atoms with Gasteiger partial charge in [0.25, 0.3) is 0 Å². The SMILES string of the molecule is COc1c(C)c(C)c(OC)c(C#C/C(C)=C/COC2CCCCO2)c1C. The van der Waals surface area contributed by atoms with Gasteiger partial charge in [0.2, 0.25) is 0 Å². The van der Waals surface area contributed by atoms with E-state index >= 15 is 0 Å². The lowest BCUT2D eigenvalue weighted by Crippen LogP contribution is -2.22. The quantitative estimate of drug-likeness (QED) is 0.728. The van der Waals surface area contributed by atoms with Crippen LogP contribution in [-0.4, -0.2) is 33.7 Å². The van der Waals surface area contributed by atoms with Gasteiger partial charge in [-0.25, -0.2) is 0 Å². The maximum atomic E-state index is 5.73. The minimum Gasteiger partial charge on any atom is -0.496 e. The van der Waals surface area contributed by atoms with Crippen LogP contribution in [0.1, 0.15) is 48.4 Å². The van der Waals surface area contributed by atoms with Crippen LogP contribution in [-0.2, 0) is 9.47 Å². The molecule has 0 radical (unpaired) electrons. The van der Waals surface area contributed by atoms with Crippen LogP contribution in [0.2, 0.25) is 0 Å². The van der Waals surface area contributed by atoms with Gasteiger partial charge < -0.3 is 18.9 Å². The fourth-order valence-electron chi connectivity index (χ4n) is 3.14. The minimum atomic E-state index is -0.0768. The molecule has 0 aromatic heterocycles. The number of rotatable bonds is 5. The van der Waals surface area contributed by atoms with Gasteiger partial charge in [-0.2, -0.15) is 0 Å². The number of benzene rings is 1. The second-order valence-corrected chi connectivity index (χ2v) is 6.58. The predicted octanol–water partition coefficient (Wildman–Crippen LogP) is 4.47. The Balaban J connectivity index is 2.17. The van der Waals surface area contributed by atoms with Crippen LogP contribution in [0, 0.1) is 32.6 Å². The first kappa shape index (κ1) is 20.4. The van der Waals surface area contributed by atoms with Gasteiger partial charge in [-0.3, -0.25) is 0 Å². The van der Waals surface area contributed by atoms with Crippen LogP contribution in [0.15, 0.2) is 11.6 Å². The molecule has 2 rings (SSSR count). The van der Waals surface area contributed by atoms with Crippen molar-refractivity contribution in [1.82, 2.24) is 0 Å². The van der Waals surface area contributed by atoms with Crippen LogP contribution in [0.5, 0.6) is 11.5 Å². The van der Waals surface area contributed by atoms with E-state index in [4.69, 9.17) is 18.9 Å². The third-order valence-electron chi connectivity index (χ3n) is 4.79. The van der Waals surface area contributed by atoms with Crippen molar-refractivity contribution in [3.05, 3.63) is 33.9 Å². The maximum Gasteiger partial charge on any atom is 0.157 e. The number of ether oxygens (including phenoxy) is 4. The summed E-state index contributed by atoms with van der Waals surface area (Å²) < 4.78 is 22.5. The van der Waals surface area contributed by atoms with E-state index < -0.39 is 0 Å². The third kappa shape index (κ3) is 4.81. The molecule has 4 heteroatoms. The first-order valence-electron chi connectivity index (χ1n) is 9.13.